The van der Waals surface area contributed by atoms with Gasteiger partial charge in [0.2, 0.25) is 11.8 Å². The molecule has 0 aromatic heterocycles. The maximum Gasteiger partial charge on any atom is 0.408 e. The number of hydrogen-bond acceptors (Lipinski definition) is 5. The van der Waals surface area contributed by atoms with Crippen molar-refractivity contribution in [2.24, 2.45) is 5.73 Å². The molecule has 0 bridgehead atoms. The Hall–Kier alpha value is -3.46. The van der Waals surface area contributed by atoms with Gasteiger partial charge in [-0.3, -0.25) is 9.59 Å². The Bertz CT molecular complexity index is 1040. The summed E-state index contributed by atoms with van der Waals surface area (Å²) in [7, 11) is 0. The van der Waals surface area contributed by atoms with Gasteiger partial charge in [0.05, 0.1) is 0 Å². The van der Waals surface area contributed by atoms with Crippen molar-refractivity contribution in [3.63, 3.8) is 0 Å². The molecule has 2 aromatic carbocycles. The van der Waals surface area contributed by atoms with Crippen LogP contribution in [0.25, 0.3) is 11.1 Å². The summed E-state index contributed by atoms with van der Waals surface area (Å²) in [5.41, 5.74) is 6.11. The topological polar surface area (TPSA) is 120 Å². The zero-order chi connectivity index (χ0) is 25.6. The van der Waals surface area contributed by atoms with E-state index in [1.807, 2.05) is 24.3 Å². The molecule has 0 aliphatic carbocycles. The largest absolute Gasteiger partial charge is 0.444 e. The highest BCUT2D eigenvalue weighted by Gasteiger charge is 2.43. The van der Waals surface area contributed by atoms with Crippen LogP contribution in [0.1, 0.15) is 39.2 Å². The lowest BCUT2D eigenvalue weighted by Crippen LogP contribution is -2.64. The van der Waals surface area contributed by atoms with E-state index < -0.39 is 35.1 Å². The first-order chi connectivity index (χ1) is 16.5. The normalized spacial score (nSPS) is 16.1. The van der Waals surface area contributed by atoms with E-state index in [1.54, 1.807) is 32.9 Å². The maximum absolute atomic E-state index is 13.3. The Morgan fingerprint density at radius 2 is 1.57 bits per heavy atom. The predicted octanol–water partition coefficient (Wildman–Crippen LogP) is 3.08. The van der Waals surface area contributed by atoms with Crippen LogP contribution >= 0.6 is 0 Å². The molecule has 35 heavy (non-hydrogen) atoms. The first kappa shape index (κ1) is 26.2. The number of benzene rings is 2. The van der Waals surface area contributed by atoms with Gasteiger partial charge < -0.3 is 25.8 Å². The molecule has 1 aliphatic rings. The third-order valence-electron chi connectivity index (χ3n) is 5.74. The summed E-state index contributed by atoms with van der Waals surface area (Å²) >= 11 is 0. The van der Waals surface area contributed by atoms with Crippen LogP contribution in [0.5, 0.6) is 0 Å². The molecule has 3 rings (SSSR count). The zero-order valence-electron chi connectivity index (χ0n) is 20.2. The highest BCUT2D eigenvalue weighted by atomic mass is 19.1. The lowest BCUT2D eigenvalue weighted by atomic mass is 9.88. The number of amides is 3. The van der Waals surface area contributed by atoms with Gasteiger partial charge in [-0.05, 0) is 49.6 Å². The number of alkyl carbamates (subject to hydrolysis) is 1. The molecule has 1 atom stereocenters. The minimum atomic E-state index is -1.28. The number of halogens is 1. The quantitative estimate of drug-likeness (QED) is 0.557. The Morgan fingerprint density at radius 1 is 1.03 bits per heavy atom. The summed E-state index contributed by atoms with van der Waals surface area (Å²) in [6, 6.07) is 12.5. The predicted molar refractivity (Wildman–Crippen MR) is 129 cm³/mol. The minimum Gasteiger partial charge on any atom is -0.444 e. The third-order valence-corrected chi connectivity index (χ3v) is 5.74. The molecule has 1 fully saturated rings. The van der Waals surface area contributed by atoms with Crippen molar-refractivity contribution in [1.29, 1.82) is 0 Å². The monoisotopic (exact) mass is 485 g/mol. The Kier molecular flexibility index (Phi) is 8.11. The van der Waals surface area contributed by atoms with Crippen molar-refractivity contribution in [2.45, 2.75) is 57.2 Å². The molecule has 0 saturated carbocycles. The zero-order valence-corrected chi connectivity index (χ0v) is 20.2. The molecular formula is C26H32FN3O5. The average Bonchev–Trinajstić information content (AvgIpc) is 2.79. The van der Waals surface area contributed by atoms with Gasteiger partial charge in [-0.1, -0.05) is 36.4 Å². The third kappa shape index (κ3) is 7.26. The van der Waals surface area contributed by atoms with Gasteiger partial charge in [-0.2, -0.15) is 0 Å². The molecule has 1 heterocycles. The second-order valence-electron chi connectivity index (χ2n) is 9.66. The molecule has 188 valence electrons. The summed E-state index contributed by atoms with van der Waals surface area (Å²) in [6.45, 7) is 5.74. The van der Waals surface area contributed by atoms with Gasteiger partial charge in [-0.25, -0.2) is 9.18 Å². The lowest BCUT2D eigenvalue weighted by molar-refractivity contribution is -0.135. The van der Waals surface area contributed by atoms with Crippen LogP contribution in [-0.4, -0.2) is 48.3 Å². The molecule has 3 amide bonds. The van der Waals surface area contributed by atoms with Crippen molar-refractivity contribution in [2.75, 3.05) is 13.2 Å². The summed E-state index contributed by atoms with van der Waals surface area (Å²) in [4.78, 5) is 38.0. The van der Waals surface area contributed by atoms with Crippen molar-refractivity contribution in [3.05, 3.63) is 59.9 Å². The van der Waals surface area contributed by atoms with E-state index in [1.165, 1.54) is 12.1 Å². The van der Waals surface area contributed by atoms with Crippen LogP contribution < -0.4 is 16.4 Å². The molecule has 1 saturated heterocycles. The number of carbonyl (C=O) groups is 3. The van der Waals surface area contributed by atoms with E-state index in [0.717, 1.165) is 16.7 Å². The summed E-state index contributed by atoms with van der Waals surface area (Å²) in [5, 5.41) is 5.41. The molecule has 0 radical (unpaired) electrons. The lowest BCUT2D eigenvalue weighted by Gasteiger charge is -2.37. The van der Waals surface area contributed by atoms with E-state index in [0.29, 0.717) is 0 Å². The molecule has 4 N–H and O–H groups in total. The number of hydrogen-bond donors (Lipinski definition) is 3. The van der Waals surface area contributed by atoms with Crippen molar-refractivity contribution < 1.29 is 28.2 Å². The fourth-order valence-electron chi connectivity index (χ4n) is 3.86. The summed E-state index contributed by atoms with van der Waals surface area (Å²) < 4.78 is 23.9. The first-order valence-electron chi connectivity index (χ1n) is 11.5. The van der Waals surface area contributed by atoms with Gasteiger partial charge in [0.25, 0.3) is 0 Å². The Labute approximate surface area is 204 Å². The van der Waals surface area contributed by atoms with Crippen molar-refractivity contribution in [1.82, 2.24) is 10.6 Å². The highest BCUT2D eigenvalue weighted by molar-refractivity contribution is 5.94. The smallest absolute Gasteiger partial charge is 0.408 e. The van der Waals surface area contributed by atoms with E-state index in [9.17, 15) is 18.8 Å². The highest BCUT2D eigenvalue weighted by Crippen LogP contribution is 2.24. The fourth-order valence-corrected chi connectivity index (χ4v) is 3.86. The number of rotatable bonds is 7. The standard InChI is InChI=1S/C26H32FN3O5/c1-25(2,3)35-24(33)30-26(12-14-34-15-13-26)23(32)29-21(22(28)31)16-17-4-6-18(7-5-17)19-8-10-20(27)11-9-19/h4-11,21H,12-16H2,1-3H3,(H2,28,31)(H,29,32)(H,30,33)/t21-/m0/s1. The number of nitrogens with one attached hydrogen (secondary N) is 2. The van der Waals surface area contributed by atoms with Gasteiger partial charge >= 0.3 is 6.09 Å². The molecule has 0 unspecified atom stereocenters. The van der Waals surface area contributed by atoms with E-state index in [4.69, 9.17) is 15.2 Å². The molecular weight excluding hydrogens is 453 g/mol. The van der Waals surface area contributed by atoms with Crippen molar-refractivity contribution >= 4 is 17.9 Å². The summed E-state index contributed by atoms with van der Waals surface area (Å²) in [6.07, 6.45) is -0.0862. The van der Waals surface area contributed by atoms with Gasteiger partial charge in [0, 0.05) is 32.5 Å². The second kappa shape index (κ2) is 10.9. The van der Waals surface area contributed by atoms with Crippen molar-refractivity contribution in [3.8, 4) is 11.1 Å². The Balaban J connectivity index is 1.72. The number of ether oxygens (including phenoxy) is 2. The minimum absolute atomic E-state index is 0.170. The van der Waals surface area contributed by atoms with Gasteiger partial charge in [0.1, 0.15) is 23.0 Å². The molecule has 0 spiro atoms. The fraction of sp³-hybridized carbons (Fsp3) is 0.423. The number of primary amides is 1. The van der Waals surface area contributed by atoms with Crippen LogP contribution in [0.15, 0.2) is 48.5 Å². The van der Waals surface area contributed by atoms with E-state index >= 15 is 0 Å². The molecule has 1 aliphatic heterocycles. The maximum atomic E-state index is 13.3. The van der Waals surface area contributed by atoms with Crippen LogP contribution in [0.3, 0.4) is 0 Å². The molecule has 9 heteroatoms. The first-order valence-corrected chi connectivity index (χ1v) is 11.5. The van der Waals surface area contributed by atoms with E-state index in [-0.39, 0.29) is 38.3 Å². The Morgan fingerprint density at radius 3 is 2.09 bits per heavy atom. The van der Waals surface area contributed by atoms with Crippen LogP contribution in [-0.2, 0) is 25.5 Å². The van der Waals surface area contributed by atoms with Gasteiger partial charge in [0.15, 0.2) is 0 Å². The number of carbonyl (C=O) groups excluding carboxylic acids is 3. The SMILES string of the molecule is CC(C)(C)OC(=O)NC1(C(=O)N[C@@H](Cc2ccc(-c3ccc(F)cc3)cc2)C(N)=O)CCOCC1. The average molecular weight is 486 g/mol. The molecule has 8 nitrogen and oxygen atoms in total. The van der Waals surface area contributed by atoms with Crippen LogP contribution in [0.4, 0.5) is 9.18 Å². The van der Waals surface area contributed by atoms with Gasteiger partial charge in [-0.15, -0.1) is 0 Å². The second-order valence-corrected chi connectivity index (χ2v) is 9.66. The number of nitrogens with two attached hydrogens (primary N) is 1. The van der Waals surface area contributed by atoms with Crippen LogP contribution in [0.2, 0.25) is 0 Å². The molecule has 2 aromatic rings. The summed E-state index contributed by atoms with van der Waals surface area (Å²) in [5.74, 6) is -1.52. The van der Waals surface area contributed by atoms with E-state index in [2.05, 4.69) is 10.6 Å². The van der Waals surface area contributed by atoms with Crippen LogP contribution in [0, 0.1) is 5.82 Å².